The van der Waals surface area contributed by atoms with Crippen molar-refractivity contribution in [1.82, 2.24) is 0 Å². The van der Waals surface area contributed by atoms with Crippen molar-refractivity contribution >= 4 is 22.5 Å². The van der Waals surface area contributed by atoms with Crippen LogP contribution in [-0.2, 0) is 16.0 Å². The first-order valence-electron chi connectivity index (χ1n) is 8.84. The number of fused-ring (bicyclic) bond motifs is 1. The van der Waals surface area contributed by atoms with Crippen LogP contribution in [0.25, 0.3) is 10.8 Å². The molecular formula is C23H20O3. The maximum atomic E-state index is 12.7. The maximum absolute atomic E-state index is 12.7. The lowest BCUT2D eigenvalue weighted by atomic mass is 9.99. The smallest absolute Gasteiger partial charge is 0.337 e. The second-order valence-electron chi connectivity index (χ2n) is 6.89. The van der Waals surface area contributed by atoms with Crippen molar-refractivity contribution in [2.24, 2.45) is 5.92 Å². The molecule has 2 unspecified atom stereocenters. The molecule has 130 valence electrons. The van der Waals surface area contributed by atoms with Gasteiger partial charge in [-0.1, -0.05) is 54.6 Å². The first kappa shape index (κ1) is 16.5. The molecule has 0 N–H and O–H groups in total. The molecule has 1 aliphatic carbocycles. The molecule has 3 heteroatoms. The summed E-state index contributed by atoms with van der Waals surface area (Å²) in [5.41, 5.74) is 2.64. The highest BCUT2D eigenvalue weighted by molar-refractivity contribution is 5.91. The molecule has 0 saturated heterocycles. The Morgan fingerprint density at radius 1 is 0.962 bits per heavy atom. The van der Waals surface area contributed by atoms with Crippen molar-refractivity contribution < 1.29 is 14.3 Å². The summed E-state index contributed by atoms with van der Waals surface area (Å²) in [6.45, 7) is 0. The van der Waals surface area contributed by atoms with E-state index in [9.17, 15) is 9.59 Å². The van der Waals surface area contributed by atoms with E-state index in [2.05, 4.69) is 24.3 Å². The van der Waals surface area contributed by atoms with E-state index in [4.69, 9.17) is 4.74 Å². The summed E-state index contributed by atoms with van der Waals surface area (Å²) < 4.78 is 4.77. The third-order valence-corrected chi connectivity index (χ3v) is 5.13. The number of ketones is 1. The van der Waals surface area contributed by atoms with Crippen LogP contribution in [-0.4, -0.2) is 18.9 Å². The van der Waals surface area contributed by atoms with Gasteiger partial charge >= 0.3 is 5.97 Å². The van der Waals surface area contributed by atoms with Gasteiger partial charge in [-0.15, -0.1) is 0 Å². The molecule has 0 aliphatic heterocycles. The zero-order chi connectivity index (χ0) is 18.1. The standard InChI is InChI=1S/C23H20O3/c1-26-23(25)19-8-4-7-18(13-19)20-14-21(20)22(24)12-15-9-10-16-5-2-3-6-17(16)11-15/h2-11,13,20-21H,12,14H2,1H3. The molecule has 4 rings (SSSR count). The van der Waals surface area contributed by atoms with Crippen LogP contribution in [0, 0.1) is 5.92 Å². The lowest BCUT2D eigenvalue weighted by molar-refractivity contribution is -0.119. The van der Waals surface area contributed by atoms with Crippen molar-refractivity contribution in [3.63, 3.8) is 0 Å². The highest BCUT2D eigenvalue weighted by Gasteiger charge is 2.43. The Balaban J connectivity index is 1.46. The maximum Gasteiger partial charge on any atom is 0.337 e. The molecule has 0 spiro atoms. The highest BCUT2D eigenvalue weighted by atomic mass is 16.5. The van der Waals surface area contributed by atoms with E-state index in [-0.39, 0.29) is 23.6 Å². The second kappa shape index (κ2) is 6.75. The van der Waals surface area contributed by atoms with E-state index in [1.54, 1.807) is 6.07 Å². The summed E-state index contributed by atoms with van der Waals surface area (Å²) in [4.78, 5) is 24.4. The first-order valence-corrected chi connectivity index (χ1v) is 8.84. The molecule has 2 atom stereocenters. The van der Waals surface area contributed by atoms with Crippen molar-refractivity contribution in [2.45, 2.75) is 18.8 Å². The fourth-order valence-electron chi connectivity index (χ4n) is 3.61. The van der Waals surface area contributed by atoms with Gasteiger partial charge in [0.25, 0.3) is 0 Å². The lowest BCUT2D eigenvalue weighted by Crippen LogP contribution is -2.07. The lowest BCUT2D eigenvalue weighted by Gasteiger charge is -2.05. The predicted molar refractivity (Wildman–Crippen MR) is 101 cm³/mol. The van der Waals surface area contributed by atoms with E-state index >= 15 is 0 Å². The van der Waals surface area contributed by atoms with Gasteiger partial charge in [0.05, 0.1) is 12.7 Å². The molecule has 0 heterocycles. The topological polar surface area (TPSA) is 43.4 Å². The number of carbonyl (C=O) groups is 2. The van der Waals surface area contributed by atoms with Crippen LogP contribution in [0.4, 0.5) is 0 Å². The monoisotopic (exact) mass is 344 g/mol. The fourth-order valence-corrected chi connectivity index (χ4v) is 3.61. The third kappa shape index (κ3) is 3.25. The van der Waals surface area contributed by atoms with Crippen molar-refractivity contribution in [3.8, 4) is 0 Å². The summed E-state index contributed by atoms with van der Waals surface area (Å²) in [7, 11) is 1.38. The van der Waals surface area contributed by atoms with E-state index in [0.29, 0.717) is 12.0 Å². The minimum absolute atomic E-state index is 0.0503. The van der Waals surface area contributed by atoms with Gasteiger partial charge in [0.15, 0.2) is 0 Å². The van der Waals surface area contributed by atoms with Crippen molar-refractivity contribution in [1.29, 1.82) is 0 Å². The third-order valence-electron chi connectivity index (χ3n) is 5.13. The quantitative estimate of drug-likeness (QED) is 0.638. The van der Waals surface area contributed by atoms with Crippen LogP contribution < -0.4 is 0 Å². The van der Waals surface area contributed by atoms with Crippen LogP contribution >= 0.6 is 0 Å². The molecule has 0 aromatic heterocycles. The van der Waals surface area contributed by atoms with Crippen LogP contribution in [0.5, 0.6) is 0 Å². The summed E-state index contributed by atoms with van der Waals surface area (Å²) in [5, 5.41) is 2.35. The van der Waals surface area contributed by atoms with Gasteiger partial charge in [-0.05, 0) is 46.4 Å². The Bertz CT molecular complexity index is 989. The Morgan fingerprint density at radius 2 is 1.77 bits per heavy atom. The molecule has 0 bridgehead atoms. The van der Waals surface area contributed by atoms with Gasteiger partial charge in [-0.2, -0.15) is 0 Å². The highest BCUT2D eigenvalue weighted by Crippen LogP contribution is 2.48. The summed E-state index contributed by atoms with van der Waals surface area (Å²) in [6.07, 6.45) is 1.32. The first-order chi connectivity index (χ1) is 12.7. The van der Waals surface area contributed by atoms with Gasteiger partial charge < -0.3 is 4.74 Å². The van der Waals surface area contributed by atoms with E-state index < -0.39 is 0 Å². The van der Waals surface area contributed by atoms with E-state index in [1.807, 2.05) is 36.4 Å². The molecule has 1 fully saturated rings. The molecule has 1 saturated carbocycles. The molecule has 3 aromatic carbocycles. The number of hydrogen-bond donors (Lipinski definition) is 0. The number of ether oxygens (including phenoxy) is 1. The molecule has 3 aromatic rings. The Morgan fingerprint density at radius 3 is 2.58 bits per heavy atom. The zero-order valence-electron chi connectivity index (χ0n) is 14.6. The minimum Gasteiger partial charge on any atom is -0.465 e. The van der Waals surface area contributed by atoms with E-state index in [0.717, 1.165) is 22.9 Å². The number of carbonyl (C=O) groups excluding carboxylic acids is 2. The molecule has 0 radical (unpaired) electrons. The number of hydrogen-bond acceptors (Lipinski definition) is 3. The van der Waals surface area contributed by atoms with Gasteiger partial charge in [-0.3, -0.25) is 4.79 Å². The van der Waals surface area contributed by atoms with Gasteiger partial charge in [0.2, 0.25) is 0 Å². The van der Waals surface area contributed by atoms with Crippen LogP contribution in [0.15, 0.2) is 66.7 Å². The van der Waals surface area contributed by atoms with Crippen LogP contribution in [0.2, 0.25) is 0 Å². The molecule has 0 amide bonds. The number of methoxy groups -OCH3 is 1. The molecular weight excluding hydrogens is 324 g/mol. The second-order valence-corrected chi connectivity index (χ2v) is 6.89. The van der Waals surface area contributed by atoms with Crippen LogP contribution in [0.1, 0.15) is 33.8 Å². The number of rotatable bonds is 5. The summed E-state index contributed by atoms with van der Waals surface area (Å²) in [5.74, 6) is 0.197. The molecule has 3 nitrogen and oxygen atoms in total. The average Bonchev–Trinajstić information content (AvgIpc) is 3.48. The molecule has 1 aliphatic rings. The minimum atomic E-state index is -0.341. The normalized spacial score (nSPS) is 18.5. The van der Waals surface area contributed by atoms with Gasteiger partial charge in [-0.25, -0.2) is 4.79 Å². The largest absolute Gasteiger partial charge is 0.465 e. The zero-order valence-corrected chi connectivity index (χ0v) is 14.6. The number of benzene rings is 3. The Kier molecular flexibility index (Phi) is 4.29. The van der Waals surface area contributed by atoms with Crippen LogP contribution in [0.3, 0.4) is 0 Å². The van der Waals surface area contributed by atoms with Crippen molar-refractivity contribution in [2.75, 3.05) is 7.11 Å². The number of esters is 1. The SMILES string of the molecule is COC(=O)c1cccc(C2CC2C(=O)Cc2ccc3ccccc3c2)c1. The van der Waals surface area contributed by atoms with E-state index in [1.165, 1.54) is 12.5 Å². The number of Topliss-reactive ketones (excluding diaryl/α,β-unsaturated/α-hetero) is 1. The van der Waals surface area contributed by atoms with Crippen molar-refractivity contribution in [3.05, 3.63) is 83.4 Å². The summed E-state index contributed by atoms with van der Waals surface area (Å²) in [6, 6.07) is 21.8. The molecule has 26 heavy (non-hydrogen) atoms. The van der Waals surface area contributed by atoms with Gasteiger partial charge in [0.1, 0.15) is 5.78 Å². The predicted octanol–water partition coefficient (Wildman–Crippen LogP) is 4.54. The summed E-state index contributed by atoms with van der Waals surface area (Å²) >= 11 is 0. The average molecular weight is 344 g/mol. The van der Waals surface area contributed by atoms with Gasteiger partial charge in [0, 0.05) is 12.3 Å². The Hall–Kier alpha value is -2.94. The fraction of sp³-hybridized carbons (Fsp3) is 0.217. The Labute approximate surface area is 152 Å².